The summed E-state index contributed by atoms with van der Waals surface area (Å²) in [4.78, 5) is 9.81. The van der Waals surface area contributed by atoms with Gasteiger partial charge in [-0.3, -0.25) is 0 Å². The Morgan fingerprint density at radius 2 is 0.797 bits per heavy atom. The maximum atomic E-state index is 6.05. The molecule has 0 saturated carbocycles. The molecule has 10 heteroatoms. The van der Waals surface area contributed by atoms with Gasteiger partial charge in [0.25, 0.3) is 0 Å². The molecule has 0 saturated heterocycles. The number of unbranched alkanes of at least 4 members (excludes halogenated alkanes) is 3. The van der Waals surface area contributed by atoms with Crippen LogP contribution in [0.3, 0.4) is 0 Å². The van der Waals surface area contributed by atoms with Crippen LogP contribution in [0.4, 0.5) is 0 Å². The molecule has 0 radical (unpaired) electrons. The van der Waals surface area contributed by atoms with Gasteiger partial charge in [-0.25, -0.2) is 0 Å². The smallest absolute Gasteiger partial charge is 0.125 e. The number of nitrogens with zero attached hydrogens (tertiary/aromatic N) is 2. The lowest BCUT2D eigenvalue weighted by Crippen LogP contribution is -2.04. The van der Waals surface area contributed by atoms with Crippen LogP contribution in [-0.4, -0.2) is 65.3 Å². The standard InChI is InChI=1S/C28H39NO4.C27H37NO4.2C2H6/c1-6-8-17-32-26-19-22(3)28(23(4)20-26)33-18-11-9-10-16-31-21-24-12-14-25(15-13-24)27(7-2)29-30-5;1-6-8-16-31-25-18-21(3)27(22(4)19-25)32-17-10-9-15-30-20-23-11-13-24(14-12-23)26(7-2)28-29-5;2*1-2/h6,8,12-15,19-20H,7,9-11,16-18,21H2,1-5H3;6,8,11-14,18-19H,7,9-10,15-17,20H2,1-5H3;2*1-2H3/b8-6+,29-27?;8-6+,28-26?;;. The van der Waals surface area contributed by atoms with E-state index in [0.29, 0.717) is 46.2 Å². The molecule has 0 fully saturated rings. The first kappa shape index (κ1) is 61.4. The average molecular weight is 953 g/mol. The van der Waals surface area contributed by atoms with E-state index in [2.05, 4.69) is 100 Å². The molecule has 382 valence electrons. The summed E-state index contributed by atoms with van der Waals surface area (Å²) in [6, 6.07) is 24.8. The molecular weight excluding hydrogens is 865 g/mol. The molecular formula is C59H88N2O8. The Hall–Kier alpha value is -5.58. The molecule has 0 unspecified atom stereocenters. The monoisotopic (exact) mass is 953 g/mol. The summed E-state index contributed by atoms with van der Waals surface area (Å²) in [7, 11) is 3.15. The fourth-order valence-electron chi connectivity index (χ4n) is 6.89. The SMILES string of the molecule is C/C=C/COc1cc(C)c(OCCCCCOCc2ccc(C(CC)=NOC)cc2)c(C)c1.C/C=C/COc1cc(C)c(OCCCCOCc2ccc(C(CC)=NOC)cc2)c(C)c1.CC.CC. The first-order chi connectivity index (χ1) is 33.7. The predicted molar refractivity (Wildman–Crippen MR) is 289 cm³/mol. The van der Waals surface area contributed by atoms with Gasteiger partial charge in [0.2, 0.25) is 0 Å². The molecule has 0 atom stereocenters. The van der Waals surface area contributed by atoms with E-state index in [9.17, 15) is 0 Å². The number of rotatable bonds is 29. The lowest BCUT2D eigenvalue weighted by Gasteiger charge is -2.14. The molecule has 0 amide bonds. The van der Waals surface area contributed by atoms with Gasteiger partial charge in [-0.2, -0.15) is 0 Å². The molecule has 0 heterocycles. The summed E-state index contributed by atoms with van der Waals surface area (Å²) in [5.74, 6) is 3.68. The van der Waals surface area contributed by atoms with Gasteiger partial charge in [-0.1, -0.05) is 125 Å². The molecule has 4 rings (SSSR count). The Bertz CT molecular complexity index is 2010. The maximum absolute atomic E-state index is 6.05. The van der Waals surface area contributed by atoms with Crippen LogP contribution in [0.5, 0.6) is 23.0 Å². The summed E-state index contributed by atoms with van der Waals surface area (Å²) in [5.41, 5.74) is 10.8. The molecule has 10 nitrogen and oxygen atoms in total. The third-order valence-corrected chi connectivity index (χ3v) is 10.3. The zero-order chi connectivity index (χ0) is 51.1. The van der Waals surface area contributed by atoms with Crippen molar-refractivity contribution >= 4 is 11.4 Å². The van der Waals surface area contributed by atoms with Gasteiger partial charge in [0.05, 0.1) is 37.9 Å². The number of hydrogen-bond donors (Lipinski definition) is 0. The Labute approximate surface area is 418 Å². The topological polar surface area (TPSA) is 98.6 Å². The van der Waals surface area contributed by atoms with E-state index < -0.39 is 0 Å². The van der Waals surface area contributed by atoms with Gasteiger partial charge >= 0.3 is 0 Å². The van der Waals surface area contributed by atoms with E-state index in [1.165, 1.54) is 5.56 Å². The minimum atomic E-state index is 0.585. The van der Waals surface area contributed by atoms with Gasteiger partial charge in [-0.15, -0.1) is 0 Å². The molecule has 0 N–H and O–H groups in total. The van der Waals surface area contributed by atoms with Crippen molar-refractivity contribution in [3.63, 3.8) is 0 Å². The van der Waals surface area contributed by atoms with E-state index in [4.69, 9.17) is 38.1 Å². The van der Waals surface area contributed by atoms with Crippen molar-refractivity contribution in [2.75, 3.05) is 53.9 Å². The van der Waals surface area contributed by atoms with Crippen LogP contribution >= 0.6 is 0 Å². The van der Waals surface area contributed by atoms with Crippen molar-refractivity contribution in [3.8, 4) is 23.0 Å². The van der Waals surface area contributed by atoms with Crippen molar-refractivity contribution < 1.29 is 38.1 Å². The highest BCUT2D eigenvalue weighted by Gasteiger charge is 2.10. The van der Waals surface area contributed by atoms with E-state index in [1.807, 2.05) is 90.1 Å². The lowest BCUT2D eigenvalue weighted by molar-refractivity contribution is 0.113. The zero-order valence-corrected chi connectivity index (χ0v) is 45.0. The first-order valence-electron chi connectivity index (χ1n) is 25.2. The largest absolute Gasteiger partial charge is 0.493 e. The Kier molecular flexibility index (Phi) is 35.0. The second-order valence-corrected chi connectivity index (χ2v) is 15.6. The van der Waals surface area contributed by atoms with Gasteiger partial charge in [-0.05, 0) is 155 Å². The van der Waals surface area contributed by atoms with Crippen LogP contribution in [-0.2, 0) is 32.4 Å². The summed E-state index contributed by atoms with van der Waals surface area (Å²) in [5, 5.41) is 8.13. The molecule has 0 aliphatic heterocycles. The van der Waals surface area contributed by atoms with E-state index in [1.54, 1.807) is 14.2 Å². The van der Waals surface area contributed by atoms with Crippen molar-refractivity contribution in [2.24, 2.45) is 10.3 Å². The van der Waals surface area contributed by atoms with Crippen LogP contribution < -0.4 is 18.9 Å². The van der Waals surface area contributed by atoms with Crippen LogP contribution in [0.25, 0.3) is 0 Å². The van der Waals surface area contributed by atoms with Crippen molar-refractivity contribution in [3.05, 3.63) is 142 Å². The quantitative estimate of drug-likeness (QED) is 0.0230. The van der Waals surface area contributed by atoms with Crippen molar-refractivity contribution in [1.82, 2.24) is 0 Å². The van der Waals surface area contributed by atoms with Crippen LogP contribution in [0.15, 0.2) is 107 Å². The van der Waals surface area contributed by atoms with Crippen molar-refractivity contribution in [1.29, 1.82) is 0 Å². The van der Waals surface area contributed by atoms with Gasteiger partial charge in [0.1, 0.15) is 50.4 Å². The second kappa shape index (κ2) is 39.3. The van der Waals surface area contributed by atoms with Crippen molar-refractivity contribution in [2.45, 2.75) is 141 Å². The third-order valence-electron chi connectivity index (χ3n) is 10.3. The lowest BCUT2D eigenvalue weighted by atomic mass is 10.1. The summed E-state index contributed by atoms with van der Waals surface area (Å²) >= 11 is 0. The highest BCUT2D eigenvalue weighted by Crippen LogP contribution is 2.30. The molecule has 0 bridgehead atoms. The first-order valence-corrected chi connectivity index (χ1v) is 25.2. The van der Waals surface area contributed by atoms with Crippen LogP contribution in [0, 0.1) is 27.7 Å². The molecule has 0 aromatic heterocycles. The Morgan fingerprint density at radius 1 is 0.464 bits per heavy atom. The molecule has 69 heavy (non-hydrogen) atoms. The van der Waals surface area contributed by atoms with Crippen LogP contribution in [0.2, 0.25) is 0 Å². The second-order valence-electron chi connectivity index (χ2n) is 15.6. The average Bonchev–Trinajstić information content (AvgIpc) is 3.36. The normalized spacial score (nSPS) is 11.2. The molecule has 4 aromatic carbocycles. The predicted octanol–water partition coefficient (Wildman–Crippen LogP) is 15.2. The molecule has 0 aliphatic rings. The zero-order valence-electron chi connectivity index (χ0n) is 45.0. The van der Waals surface area contributed by atoms with E-state index in [-0.39, 0.29) is 0 Å². The Balaban J connectivity index is 0.000000644. The fraction of sp³-hybridized carbons (Fsp3) is 0.492. The summed E-state index contributed by atoms with van der Waals surface area (Å²) < 4.78 is 35.2. The molecule has 4 aromatic rings. The number of oxime groups is 2. The van der Waals surface area contributed by atoms with Crippen LogP contribution in [0.1, 0.15) is 145 Å². The number of allylic oxidation sites excluding steroid dienone is 2. The highest BCUT2D eigenvalue weighted by molar-refractivity contribution is 6.00. The number of benzene rings is 4. The van der Waals surface area contributed by atoms with Gasteiger partial charge < -0.3 is 38.1 Å². The van der Waals surface area contributed by atoms with E-state index in [0.717, 1.165) is 125 Å². The number of aryl methyl sites for hydroxylation is 4. The molecule has 0 spiro atoms. The third kappa shape index (κ3) is 25.0. The highest BCUT2D eigenvalue weighted by atomic mass is 16.6. The summed E-state index contributed by atoms with van der Waals surface area (Å²) in [6.45, 7) is 29.6. The molecule has 0 aliphatic carbocycles. The maximum Gasteiger partial charge on any atom is 0.125 e. The van der Waals surface area contributed by atoms with E-state index >= 15 is 0 Å². The summed E-state index contributed by atoms with van der Waals surface area (Å²) in [6.07, 6.45) is 14.7. The minimum absolute atomic E-state index is 0.585. The minimum Gasteiger partial charge on any atom is -0.493 e. The number of ether oxygens (including phenoxy) is 6. The fourth-order valence-corrected chi connectivity index (χ4v) is 6.89. The Morgan fingerprint density at radius 3 is 1.13 bits per heavy atom. The van der Waals surface area contributed by atoms with Gasteiger partial charge in [0, 0.05) is 13.2 Å². The van der Waals surface area contributed by atoms with Gasteiger partial charge in [0.15, 0.2) is 0 Å². The number of hydrogen-bond acceptors (Lipinski definition) is 10.